The third-order valence-corrected chi connectivity index (χ3v) is 5.27. The SMILES string of the molecule is C=CC(=O)N1CCN(c2cnc3[nH]cc(C(=O)NC(C)CC)c3n2)CC1(C)C. The third-order valence-electron chi connectivity index (χ3n) is 5.27. The van der Waals surface area contributed by atoms with Crippen molar-refractivity contribution in [2.75, 3.05) is 24.5 Å². The molecule has 1 atom stereocenters. The summed E-state index contributed by atoms with van der Waals surface area (Å²) in [5, 5.41) is 2.97. The van der Waals surface area contributed by atoms with Gasteiger partial charge in [0.25, 0.3) is 5.91 Å². The lowest BCUT2D eigenvalue weighted by Gasteiger charge is -2.47. The van der Waals surface area contributed by atoms with Gasteiger partial charge in [0.1, 0.15) is 11.3 Å². The average molecular weight is 384 g/mol. The summed E-state index contributed by atoms with van der Waals surface area (Å²) in [5.74, 6) is 0.470. The number of nitrogens with zero attached hydrogens (tertiary/aromatic N) is 4. The summed E-state index contributed by atoms with van der Waals surface area (Å²) in [6.07, 6.45) is 5.56. The van der Waals surface area contributed by atoms with Crippen molar-refractivity contribution in [1.82, 2.24) is 25.2 Å². The van der Waals surface area contributed by atoms with E-state index in [0.29, 0.717) is 42.2 Å². The average Bonchev–Trinajstić information content (AvgIpc) is 3.09. The first kappa shape index (κ1) is 19.9. The van der Waals surface area contributed by atoms with Gasteiger partial charge in [-0.2, -0.15) is 0 Å². The molecular weight excluding hydrogens is 356 g/mol. The van der Waals surface area contributed by atoms with Crippen LogP contribution in [0.25, 0.3) is 11.2 Å². The molecule has 3 rings (SSSR count). The molecule has 1 fully saturated rings. The Hall–Kier alpha value is -2.90. The van der Waals surface area contributed by atoms with E-state index in [1.165, 1.54) is 6.08 Å². The number of H-pyrrole nitrogens is 1. The molecule has 2 aromatic rings. The van der Waals surface area contributed by atoms with E-state index in [-0.39, 0.29) is 23.4 Å². The van der Waals surface area contributed by atoms with Gasteiger partial charge in [-0.25, -0.2) is 9.97 Å². The van der Waals surface area contributed by atoms with E-state index >= 15 is 0 Å². The second-order valence-corrected chi connectivity index (χ2v) is 7.84. The first-order chi connectivity index (χ1) is 13.3. The number of carbonyl (C=O) groups excluding carboxylic acids is 2. The molecule has 0 spiro atoms. The maximum Gasteiger partial charge on any atom is 0.255 e. The molecular formula is C20H28N6O2. The number of fused-ring (bicyclic) bond motifs is 1. The molecule has 1 aliphatic rings. The molecule has 28 heavy (non-hydrogen) atoms. The predicted molar refractivity (Wildman–Crippen MR) is 109 cm³/mol. The van der Waals surface area contributed by atoms with E-state index in [4.69, 9.17) is 4.98 Å². The number of rotatable bonds is 5. The van der Waals surface area contributed by atoms with Crippen molar-refractivity contribution in [3.8, 4) is 0 Å². The second-order valence-electron chi connectivity index (χ2n) is 7.84. The molecule has 150 valence electrons. The summed E-state index contributed by atoms with van der Waals surface area (Å²) in [7, 11) is 0. The maximum atomic E-state index is 12.6. The van der Waals surface area contributed by atoms with Crippen molar-refractivity contribution in [3.05, 3.63) is 30.6 Å². The fourth-order valence-corrected chi connectivity index (χ4v) is 3.48. The van der Waals surface area contributed by atoms with Crippen molar-refractivity contribution in [2.24, 2.45) is 0 Å². The van der Waals surface area contributed by atoms with Gasteiger partial charge in [-0.05, 0) is 33.3 Å². The number of anilines is 1. The number of nitrogens with one attached hydrogen (secondary N) is 2. The molecule has 8 heteroatoms. The zero-order chi connectivity index (χ0) is 20.5. The summed E-state index contributed by atoms with van der Waals surface area (Å²) in [6, 6.07) is 0.0878. The zero-order valence-corrected chi connectivity index (χ0v) is 17.0. The van der Waals surface area contributed by atoms with E-state index in [1.54, 1.807) is 12.4 Å². The van der Waals surface area contributed by atoms with Crippen molar-refractivity contribution in [1.29, 1.82) is 0 Å². The van der Waals surface area contributed by atoms with Gasteiger partial charge < -0.3 is 20.1 Å². The van der Waals surface area contributed by atoms with Gasteiger partial charge in [-0.1, -0.05) is 13.5 Å². The summed E-state index contributed by atoms with van der Waals surface area (Å²) in [4.78, 5) is 40.8. The highest BCUT2D eigenvalue weighted by molar-refractivity contribution is 6.04. The Bertz CT molecular complexity index is 903. The van der Waals surface area contributed by atoms with E-state index in [1.807, 2.05) is 32.6 Å². The first-order valence-corrected chi connectivity index (χ1v) is 9.60. The van der Waals surface area contributed by atoms with Crippen molar-refractivity contribution in [3.63, 3.8) is 0 Å². The lowest BCUT2D eigenvalue weighted by atomic mass is 9.98. The van der Waals surface area contributed by atoms with Crippen LogP contribution in [0.1, 0.15) is 44.5 Å². The highest BCUT2D eigenvalue weighted by Gasteiger charge is 2.36. The largest absolute Gasteiger partial charge is 0.351 e. The minimum Gasteiger partial charge on any atom is -0.351 e. The van der Waals surface area contributed by atoms with Gasteiger partial charge in [0, 0.05) is 31.9 Å². The smallest absolute Gasteiger partial charge is 0.255 e. The topological polar surface area (TPSA) is 94.2 Å². The van der Waals surface area contributed by atoms with Crippen molar-refractivity contribution < 1.29 is 9.59 Å². The van der Waals surface area contributed by atoms with Crippen molar-refractivity contribution in [2.45, 2.75) is 45.7 Å². The summed E-state index contributed by atoms with van der Waals surface area (Å²) in [5.41, 5.74) is 1.26. The fourth-order valence-electron chi connectivity index (χ4n) is 3.48. The van der Waals surface area contributed by atoms with Crippen LogP contribution in [0.4, 0.5) is 5.82 Å². The number of aromatic amines is 1. The van der Waals surface area contributed by atoms with E-state index < -0.39 is 0 Å². The number of carbonyl (C=O) groups is 2. The van der Waals surface area contributed by atoms with Crippen LogP contribution in [0, 0.1) is 0 Å². The molecule has 0 saturated carbocycles. The standard InChI is InChI=1S/C20H28N6O2/c1-6-13(3)23-19(28)14-10-21-18-17(14)24-15(11-22-18)25-8-9-26(16(27)7-2)20(4,5)12-25/h7,10-11,13H,2,6,8-9,12H2,1,3-5H3,(H,21,22)(H,23,28). The molecule has 0 aliphatic carbocycles. The molecule has 0 bridgehead atoms. The van der Waals surface area contributed by atoms with Crippen LogP contribution >= 0.6 is 0 Å². The number of aromatic nitrogens is 3. The molecule has 0 aromatic carbocycles. The Morgan fingerprint density at radius 3 is 2.82 bits per heavy atom. The number of hydrogen-bond acceptors (Lipinski definition) is 5. The summed E-state index contributed by atoms with van der Waals surface area (Å²) < 4.78 is 0. The fraction of sp³-hybridized carbons (Fsp3) is 0.500. The van der Waals surface area contributed by atoms with Gasteiger partial charge in [0.2, 0.25) is 5.91 Å². The van der Waals surface area contributed by atoms with Crippen LogP contribution in [0.15, 0.2) is 25.0 Å². The van der Waals surface area contributed by atoms with E-state index in [0.717, 1.165) is 6.42 Å². The molecule has 0 radical (unpaired) electrons. The number of amides is 2. The van der Waals surface area contributed by atoms with E-state index in [2.05, 4.69) is 26.8 Å². The normalized spacial score (nSPS) is 17.4. The van der Waals surface area contributed by atoms with Crippen LogP contribution < -0.4 is 10.2 Å². The van der Waals surface area contributed by atoms with Crippen LogP contribution in [-0.4, -0.2) is 62.9 Å². The van der Waals surface area contributed by atoms with Gasteiger partial charge in [-0.15, -0.1) is 0 Å². The van der Waals surface area contributed by atoms with Gasteiger partial charge in [0.15, 0.2) is 5.65 Å². The van der Waals surface area contributed by atoms with E-state index in [9.17, 15) is 9.59 Å². The van der Waals surface area contributed by atoms with Gasteiger partial charge >= 0.3 is 0 Å². The summed E-state index contributed by atoms with van der Waals surface area (Å²) in [6.45, 7) is 13.5. The van der Waals surface area contributed by atoms with Crippen LogP contribution in [-0.2, 0) is 4.79 Å². The van der Waals surface area contributed by atoms with Crippen LogP contribution in [0.3, 0.4) is 0 Å². The molecule has 8 nitrogen and oxygen atoms in total. The monoisotopic (exact) mass is 384 g/mol. The quantitative estimate of drug-likeness (QED) is 0.770. The van der Waals surface area contributed by atoms with Gasteiger partial charge in [0.05, 0.1) is 17.3 Å². The van der Waals surface area contributed by atoms with Crippen molar-refractivity contribution >= 4 is 28.8 Å². The molecule has 2 amide bonds. The highest BCUT2D eigenvalue weighted by Crippen LogP contribution is 2.26. The first-order valence-electron chi connectivity index (χ1n) is 9.60. The minimum atomic E-state index is -0.366. The predicted octanol–water partition coefficient (Wildman–Crippen LogP) is 2.10. The van der Waals surface area contributed by atoms with Crippen LogP contribution in [0.2, 0.25) is 0 Å². The lowest BCUT2D eigenvalue weighted by Crippen LogP contribution is -2.61. The Kier molecular flexibility index (Phi) is 5.40. The Balaban J connectivity index is 1.86. The molecule has 2 aromatic heterocycles. The maximum absolute atomic E-state index is 12.6. The molecule has 1 unspecified atom stereocenters. The molecule has 1 saturated heterocycles. The minimum absolute atomic E-state index is 0.0687. The molecule has 3 heterocycles. The number of piperazine rings is 1. The zero-order valence-electron chi connectivity index (χ0n) is 17.0. The second kappa shape index (κ2) is 7.61. The third kappa shape index (κ3) is 3.72. The van der Waals surface area contributed by atoms with Crippen LogP contribution in [0.5, 0.6) is 0 Å². The Morgan fingerprint density at radius 2 is 2.18 bits per heavy atom. The molecule has 1 aliphatic heterocycles. The van der Waals surface area contributed by atoms with Gasteiger partial charge in [-0.3, -0.25) is 9.59 Å². The number of hydrogen-bond donors (Lipinski definition) is 2. The molecule has 2 N–H and O–H groups in total. The summed E-state index contributed by atoms with van der Waals surface area (Å²) >= 11 is 0. The Labute approximate surface area is 165 Å². The highest BCUT2D eigenvalue weighted by atomic mass is 16.2. The lowest BCUT2D eigenvalue weighted by molar-refractivity contribution is -0.131. The Morgan fingerprint density at radius 1 is 1.43 bits per heavy atom.